The zero-order valence-corrected chi connectivity index (χ0v) is 19.6. The Morgan fingerprint density at radius 1 is 1.06 bits per heavy atom. The lowest BCUT2D eigenvalue weighted by molar-refractivity contribution is -0.147. The quantitative estimate of drug-likeness (QED) is 0.460. The molecule has 2 atom stereocenters. The molecule has 1 N–H and O–H groups in total. The van der Waals surface area contributed by atoms with Crippen LogP contribution >= 0.6 is 0 Å². The van der Waals surface area contributed by atoms with Crippen LogP contribution in [0.25, 0.3) is 0 Å². The normalized spacial score (nSPS) is 14.8. The Balaban J connectivity index is 1.63. The number of methoxy groups -OCH3 is 1. The fraction of sp³-hybridized carbons (Fsp3) is 0.348. The molecule has 1 aliphatic heterocycles. The molecule has 0 bridgehead atoms. The minimum atomic E-state index is -3.98. The first-order valence-electron chi connectivity index (χ1n) is 10.4. The number of rotatable bonds is 8. The molecule has 0 fully saturated rings. The van der Waals surface area contributed by atoms with Gasteiger partial charge in [0, 0.05) is 24.7 Å². The van der Waals surface area contributed by atoms with Gasteiger partial charge in [0.15, 0.2) is 6.10 Å². The van der Waals surface area contributed by atoms with E-state index in [1.165, 1.54) is 52.1 Å². The summed E-state index contributed by atoms with van der Waals surface area (Å²) in [4.78, 5) is 38.5. The Kier molecular flexibility index (Phi) is 7.19. The molecule has 33 heavy (non-hydrogen) atoms. The minimum absolute atomic E-state index is 0.0372. The van der Waals surface area contributed by atoms with Gasteiger partial charge in [-0.2, -0.15) is 4.72 Å². The van der Waals surface area contributed by atoms with Crippen LogP contribution in [0.15, 0.2) is 47.4 Å². The fourth-order valence-corrected chi connectivity index (χ4v) is 4.74. The van der Waals surface area contributed by atoms with E-state index in [0.29, 0.717) is 24.3 Å². The predicted octanol–water partition coefficient (Wildman–Crippen LogP) is 2.09. The van der Waals surface area contributed by atoms with Crippen molar-refractivity contribution in [2.75, 3.05) is 18.6 Å². The third-order valence-corrected chi connectivity index (χ3v) is 6.91. The van der Waals surface area contributed by atoms with Crippen LogP contribution in [-0.2, 0) is 30.8 Å². The highest BCUT2D eigenvalue weighted by Crippen LogP contribution is 2.29. The van der Waals surface area contributed by atoms with Gasteiger partial charge < -0.3 is 14.4 Å². The molecule has 0 aromatic heterocycles. The molecule has 1 heterocycles. The third kappa shape index (κ3) is 5.40. The molecule has 0 saturated carbocycles. The molecule has 1 amide bonds. The number of sulfonamides is 1. The van der Waals surface area contributed by atoms with Gasteiger partial charge in [0.1, 0.15) is 11.8 Å². The molecule has 9 nitrogen and oxygen atoms in total. The van der Waals surface area contributed by atoms with E-state index in [1.807, 2.05) is 0 Å². The molecule has 10 heteroatoms. The molecule has 176 valence electrons. The van der Waals surface area contributed by atoms with Crippen molar-refractivity contribution in [1.82, 2.24) is 4.72 Å². The lowest BCUT2D eigenvalue weighted by Crippen LogP contribution is -2.41. The van der Waals surface area contributed by atoms with Crippen LogP contribution in [0.3, 0.4) is 0 Å². The van der Waals surface area contributed by atoms with Gasteiger partial charge in [0.25, 0.3) is 0 Å². The molecule has 1 aliphatic rings. The first-order chi connectivity index (χ1) is 15.5. The second-order valence-electron chi connectivity index (χ2n) is 7.73. The molecule has 2 aromatic carbocycles. The molecule has 0 aliphatic carbocycles. The van der Waals surface area contributed by atoms with E-state index in [4.69, 9.17) is 9.47 Å². The van der Waals surface area contributed by atoms with Crippen LogP contribution < -0.4 is 14.4 Å². The largest absolute Gasteiger partial charge is 0.497 e. The molecule has 0 saturated heterocycles. The van der Waals surface area contributed by atoms with Crippen molar-refractivity contribution in [3.8, 4) is 5.75 Å². The standard InChI is InChI=1S/C23H26N2O7S/c1-14(24-33(29,30)20-8-6-19(31-4)7-9-20)23(28)32-15(2)22(27)18-5-10-21-17(13-18)11-12-25(21)16(3)26/h5-10,13-15,24H,11-12H2,1-4H3. The number of ketones is 1. The zero-order chi connectivity index (χ0) is 24.3. The SMILES string of the molecule is COc1ccc(S(=O)(=O)NC(C)C(=O)OC(C)C(=O)c2ccc3c(c2)CCN3C(C)=O)cc1. The first-order valence-corrected chi connectivity index (χ1v) is 11.8. The number of hydrogen-bond donors (Lipinski definition) is 1. The molecule has 0 radical (unpaired) electrons. The number of fused-ring (bicyclic) bond motifs is 1. The van der Waals surface area contributed by atoms with Gasteiger partial charge in [0.2, 0.25) is 21.7 Å². The lowest BCUT2D eigenvalue weighted by Gasteiger charge is -2.18. The van der Waals surface area contributed by atoms with E-state index < -0.39 is 33.9 Å². The van der Waals surface area contributed by atoms with Crippen molar-refractivity contribution >= 4 is 33.4 Å². The zero-order valence-electron chi connectivity index (χ0n) is 18.8. The number of nitrogens with one attached hydrogen (secondary N) is 1. The predicted molar refractivity (Wildman–Crippen MR) is 121 cm³/mol. The average Bonchev–Trinajstić information content (AvgIpc) is 3.21. The van der Waals surface area contributed by atoms with Crippen LogP contribution in [0.4, 0.5) is 5.69 Å². The Morgan fingerprint density at radius 2 is 1.73 bits per heavy atom. The second kappa shape index (κ2) is 9.72. The van der Waals surface area contributed by atoms with Gasteiger partial charge in [0.05, 0.1) is 12.0 Å². The molecule has 2 unspecified atom stereocenters. The van der Waals surface area contributed by atoms with Crippen LogP contribution in [0, 0.1) is 0 Å². The smallest absolute Gasteiger partial charge is 0.324 e. The number of amides is 1. The summed E-state index contributed by atoms with van der Waals surface area (Å²) in [6.45, 7) is 4.81. The van der Waals surface area contributed by atoms with Gasteiger partial charge in [-0.25, -0.2) is 8.42 Å². The number of carbonyl (C=O) groups is 3. The van der Waals surface area contributed by atoms with Gasteiger partial charge in [-0.1, -0.05) is 0 Å². The van der Waals surface area contributed by atoms with Crippen LogP contribution in [0.5, 0.6) is 5.75 Å². The van der Waals surface area contributed by atoms with Gasteiger partial charge in [-0.15, -0.1) is 0 Å². The van der Waals surface area contributed by atoms with Crippen LogP contribution in [-0.4, -0.2) is 51.9 Å². The average molecular weight is 475 g/mol. The lowest BCUT2D eigenvalue weighted by atomic mass is 10.0. The Labute approximate surface area is 192 Å². The van der Waals surface area contributed by atoms with Crippen molar-refractivity contribution in [1.29, 1.82) is 0 Å². The Hall–Kier alpha value is -3.24. The highest BCUT2D eigenvalue weighted by Gasteiger charge is 2.28. The van der Waals surface area contributed by atoms with E-state index in [-0.39, 0.29) is 10.8 Å². The number of Topliss-reactive ketones (excluding diaryl/α,β-unsaturated/α-hetero) is 1. The number of esters is 1. The summed E-state index contributed by atoms with van der Waals surface area (Å²) in [5, 5.41) is 0. The topological polar surface area (TPSA) is 119 Å². The molecular formula is C23H26N2O7S. The van der Waals surface area contributed by atoms with Crippen LogP contribution in [0.1, 0.15) is 36.7 Å². The highest BCUT2D eigenvalue weighted by molar-refractivity contribution is 7.89. The molecule has 3 rings (SSSR count). The monoisotopic (exact) mass is 474 g/mol. The van der Waals surface area contributed by atoms with Crippen molar-refractivity contribution in [2.45, 2.75) is 44.2 Å². The van der Waals surface area contributed by atoms with Crippen molar-refractivity contribution in [2.24, 2.45) is 0 Å². The number of carbonyl (C=O) groups excluding carboxylic acids is 3. The maximum absolute atomic E-state index is 12.8. The van der Waals surface area contributed by atoms with E-state index in [2.05, 4.69) is 4.72 Å². The van der Waals surface area contributed by atoms with Gasteiger partial charge >= 0.3 is 5.97 Å². The Bertz CT molecular complexity index is 1180. The van der Waals surface area contributed by atoms with Crippen molar-refractivity contribution in [3.63, 3.8) is 0 Å². The minimum Gasteiger partial charge on any atom is -0.497 e. The van der Waals surface area contributed by atoms with E-state index in [0.717, 1.165) is 11.3 Å². The summed E-state index contributed by atoms with van der Waals surface area (Å²) in [7, 11) is -2.52. The third-order valence-electron chi connectivity index (χ3n) is 5.36. The maximum atomic E-state index is 12.8. The molecule has 2 aromatic rings. The maximum Gasteiger partial charge on any atom is 0.324 e. The number of ether oxygens (including phenoxy) is 2. The Morgan fingerprint density at radius 3 is 2.33 bits per heavy atom. The molecule has 0 spiro atoms. The summed E-state index contributed by atoms with van der Waals surface area (Å²) in [6.07, 6.45) is -0.484. The van der Waals surface area contributed by atoms with Crippen LogP contribution in [0.2, 0.25) is 0 Å². The number of anilines is 1. The summed E-state index contributed by atoms with van der Waals surface area (Å²) in [6, 6.07) is 9.46. The summed E-state index contributed by atoms with van der Waals surface area (Å²) in [5.41, 5.74) is 1.99. The highest BCUT2D eigenvalue weighted by atomic mass is 32.2. The second-order valence-corrected chi connectivity index (χ2v) is 9.44. The fourth-order valence-electron chi connectivity index (χ4n) is 3.55. The van der Waals surface area contributed by atoms with E-state index in [9.17, 15) is 22.8 Å². The van der Waals surface area contributed by atoms with E-state index in [1.54, 1.807) is 23.1 Å². The molecular weight excluding hydrogens is 448 g/mol. The summed E-state index contributed by atoms with van der Waals surface area (Å²) >= 11 is 0. The van der Waals surface area contributed by atoms with E-state index >= 15 is 0 Å². The van der Waals surface area contributed by atoms with Crippen molar-refractivity contribution < 1.29 is 32.3 Å². The van der Waals surface area contributed by atoms with Gasteiger partial charge in [-0.3, -0.25) is 14.4 Å². The summed E-state index contributed by atoms with van der Waals surface area (Å²) in [5.74, 6) is -0.870. The van der Waals surface area contributed by atoms with Crippen molar-refractivity contribution in [3.05, 3.63) is 53.6 Å². The van der Waals surface area contributed by atoms with Gasteiger partial charge in [-0.05, 0) is 68.3 Å². The number of hydrogen-bond acceptors (Lipinski definition) is 7. The number of benzene rings is 2. The summed E-state index contributed by atoms with van der Waals surface area (Å²) < 4.78 is 37.5. The number of nitrogens with zero attached hydrogens (tertiary/aromatic N) is 1. The first kappa shape index (κ1) is 24.4.